The van der Waals surface area contributed by atoms with Gasteiger partial charge in [0, 0.05) is 6.42 Å². The molecular weight excluding hydrogens is 372 g/mol. The molecule has 1 fully saturated rings. The van der Waals surface area contributed by atoms with Crippen molar-refractivity contribution in [1.82, 2.24) is 10.3 Å². The van der Waals surface area contributed by atoms with E-state index in [4.69, 9.17) is 14.6 Å². The number of aliphatic carboxylic acids is 2. The van der Waals surface area contributed by atoms with Crippen molar-refractivity contribution in [2.45, 2.75) is 97.6 Å². The van der Waals surface area contributed by atoms with Gasteiger partial charge >= 0.3 is 11.9 Å². The van der Waals surface area contributed by atoms with E-state index in [1.165, 1.54) is 45.4 Å². The van der Waals surface area contributed by atoms with Crippen molar-refractivity contribution in [3.05, 3.63) is 17.8 Å². The molecule has 0 spiro atoms. The average Bonchev–Trinajstić information content (AvgIpc) is 3.15. The van der Waals surface area contributed by atoms with Crippen LogP contribution in [0.25, 0.3) is 0 Å². The first kappa shape index (κ1) is 25.1. The number of carboxylic acids is 2. The molecule has 2 atom stereocenters. The molecule has 0 amide bonds. The van der Waals surface area contributed by atoms with Gasteiger partial charge in [-0.15, -0.1) is 0 Å². The SMILES string of the molecule is CC(C)CC(NC(C)C(=O)O)C(=O)O.CCc1nc(CCC2CCCCC2)co1. The molecule has 7 heteroatoms. The van der Waals surface area contributed by atoms with Gasteiger partial charge in [-0.1, -0.05) is 52.9 Å². The molecule has 1 aliphatic carbocycles. The highest BCUT2D eigenvalue weighted by molar-refractivity contribution is 5.77. The molecule has 0 aliphatic heterocycles. The van der Waals surface area contributed by atoms with E-state index in [2.05, 4.69) is 17.2 Å². The van der Waals surface area contributed by atoms with Crippen molar-refractivity contribution < 1.29 is 24.2 Å². The molecule has 2 rings (SSSR count). The molecule has 1 aliphatic rings. The smallest absolute Gasteiger partial charge is 0.320 e. The Bertz CT molecular complexity index is 608. The predicted octanol–water partition coefficient (Wildman–Crippen LogP) is 4.30. The molecule has 0 radical (unpaired) electrons. The molecule has 1 saturated carbocycles. The van der Waals surface area contributed by atoms with Gasteiger partial charge in [0.1, 0.15) is 18.3 Å². The maximum absolute atomic E-state index is 10.7. The normalized spacial score (nSPS) is 16.7. The van der Waals surface area contributed by atoms with Crippen LogP contribution in [0.1, 0.15) is 84.2 Å². The standard InChI is InChI=1S/C13H21NO.C9H17NO4/c1-2-13-14-12(10-15-13)9-8-11-6-4-3-5-7-11;1-5(2)4-7(9(13)14)10-6(3)8(11)12/h10-11H,2-9H2,1H3;5-7,10H,4H2,1-3H3,(H,11,12)(H,13,14). The molecular formula is C22H38N2O5. The van der Waals surface area contributed by atoms with Gasteiger partial charge in [0.25, 0.3) is 0 Å². The highest BCUT2D eigenvalue weighted by atomic mass is 16.4. The lowest BCUT2D eigenvalue weighted by Crippen LogP contribution is -2.46. The summed E-state index contributed by atoms with van der Waals surface area (Å²) in [4.78, 5) is 25.7. The van der Waals surface area contributed by atoms with E-state index in [1.54, 1.807) is 0 Å². The van der Waals surface area contributed by atoms with Crippen LogP contribution in [0.3, 0.4) is 0 Å². The third-order valence-corrected chi connectivity index (χ3v) is 5.26. The van der Waals surface area contributed by atoms with Crippen molar-refractivity contribution in [3.63, 3.8) is 0 Å². The Morgan fingerprint density at radius 3 is 2.31 bits per heavy atom. The van der Waals surface area contributed by atoms with Gasteiger partial charge in [-0.2, -0.15) is 0 Å². The van der Waals surface area contributed by atoms with Gasteiger partial charge in [0.2, 0.25) is 0 Å². The second-order valence-electron chi connectivity index (χ2n) is 8.38. The molecule has 0 aromatic carbocycles. The van der Waals surface area contributed by atoms with Crippen molar-refractivity contribution in [3.8, 4) is 0 Å². The summed E-state index contributed by atoms with van der Waals surface area (Å²) in [5.74, 6) is -0.00873. The minimum Gasteiger partial charge on any atom is -0.480 e. The number of nitrogens with one attached hydrogen (secondary N) is 1. The van der Waals surface area contributed by atoms with Gasteiger partial charge < -0.3 is 14.6 Å². The Morgan fingerprint density at radius 2 is 1.83 bits per heavy atom. The Labute approximate surface area is 174 Å². The largest absolute Gasteiger partial charge is 0.480 e. The first-order chi connectivity index (χ1) is 13.7. The number of hydrogen-bond acceptors (Lipinski definition) is 5. The van der Waals surface area contributed by atoms with Crippen molar-refractivity contribution in [2.24, 2.45) is 11.8 Å². The van der Waals surface area contributed by atoms with Gasteiger partial charge in [-0.05, 0) is 38.0 Å². The van der Waals surface area contributed by atoms with Crippen LogP contribution in [0.5, 0.6) is 0 Å². The Kier molecular flexibility index (Phi) is 11.6. The van der Waals surface area contributed by atoms with Crippen LogP contribution in [0, 0.1) is 11.8 Å². The number of carboxylic acid groups (broad SMARTS) is 2. The monoisotopic (exact) mass is 410 g/mol. The number of hydrogen-bond donors (Lipinski definition) is 3. The molecule has 1 aromatic rings. The zero-order chi connectivity index (χ0) is 21.8. The number of rotatable bonds is 10. The summed E-state index contributed by atoms with van der Waals surface area (Å²) in [6, 6.07) is -1.63. The summed E-state index contributed by atoms with van der Waals surface area (Å²) in [6.07, 6.45) is 12.7. The second-order valence-corrected chi connectivity index (χ2v) is 8.38. The molecule has 2 unspecified atom stereocenters. The fraction of sp³-hybridized carbons (Fsp3) is 0.773. The minimum atomic E-state index is -1.04. The topological polar surface area (TPSA) is 113 Å². The fourth-order valence-corrected chi connectivity index (χ4v) is 3.54. The first-order valence-electron chi connectivity index (χ1n) is 10.9. The zero-order valence-corrected chi connectivity index (χ0v) is 18.3. The molecule has 3 N–H and O–H groups in total. The van der Waals surface area contributed by atoms with Crippen LogP contribution < -0.4 is 5.32 Å². The number of aromatic nitrogens is 1. The Morgan fingerprint density at radius 1 is 1.17 bits per heavy atom. The van der Waals surface area contributed by atoms with E-state index in [1.807, 2.05) is 20.1 Å². The average molecular weight is 411 g/mol. The Balaban J connectivity index is 0.000000291. The molecule has 7 nitrogen and oxygen atoms in total. The van der Waals surface area contributed by atoms with Crippen LogP contribution in [0.4, 0.5) is 0 Å². The predicted molar refractivity (Wildman–Crippen MR) is 112 cm³/mol. The van der Waals surface area contributed by atoms with E-state index in [0.29, 0.717) is 6.42 Å². The molecule has 1 aromatic heterocycles. The van der Waals surface area contributed by atoms with E-state index in [-0.39, 0.29) is 5.92 Å². The number of oxazole rings is 1. The second kappa shape index (κ2) is 13.4. The van der Waals surface area contributed by atoms with Crippen molar-refractivity contribution in [2.75, 3.05) is 0 Å². The highest BCUT2D eigenvalue weighted by Crippen LogP contribution is 2.27. The number of carbonyl (C=O) groups is 2. The van der Waals surface area contributed by atoms with Crippen LogP contribution >= 0.6 is 0 Å². The van der Waals surface area contributed by atoms with Crippen molar-refractivity contribution in [1.29, 1.82) is 0 Å². The number of aryl methyl sites for hydroxylation is 2. The molecule has 166 valence electrons. The van der Waals surface area contributed by atoms with E-state index < -0.39 is 24.0 Å². The van der Waals surface area contributed by atoms with Gasteiger partial charge in [0.15, 0.2) is 5.89 Å². The Hall–Kier alpha value is -1.89. The summed E-state index contributed by atoms with van der Waals surface area (Å²) in [6.45, 7) is 7.29. The summed E-state index contributed by atoms with van der Waals surface area (Å²) in [5, 5.41) is 19.9. The highest BCUT2D eigenvalue weighted by Gasteiger charge is 2.23. The number of nitrogens with zero attached hydrogens (tertiary/aromatic N) is 1. The molecule has 1 heterocycles. The molecule has 29 heavy (non-hydrogen) atoms. The van der Waals surface area contributed by atoms with Crippen LogP contribution in [0.2, 0.25) is 0 Å². The van der Waals surface area contributed by atoms with Gasteiger partial charge in [-0.25, -0.2) is 4.98 Å². The summed E-state index contributed by atoms with van der Waals surface area (Å²) in [5.41, 5.74) is 1.15. The summed E-state index contributed by atoms with van der Waals surface area (Å²) >= 11 is 0. The first-order valence-corrected chi connectivity index (χ1v) is 10.9. The van der Waals surface area contributed by atoms with Gasteiger partial charge in [0.05, 0.1) is 5.69 Å². The molecule has 0 bridgehead atoms. The van der Waals surface area contributed by atoms with Crippen molar-refractivity contribution >= 4 is 11.9 Å². The minimum absolute atomic E-state index is 0.213. The third-order valence-electron chi connectivity index (χ3n) is 5.26. The lowest BCUT2D eigenvalue weighted by molar-refractivity contribution is -0.142. The van der Waals surface area contributed by atoms with Crippen LogP contribution in [-0.2, 0) is 22.4 Å². The summed E-state index contributed by atoms with van der Waals surface area (Å²) in [7, 11) is 0. The lowest BCUT2D eigenvalue weighted by atomic mass is 9.86. The maximum Gasteiger partial charge on any atom is 0.320 e. The lowest BCUT2D eigenvalue weighted by Gasteiger charge is -2.20. The fourth-order valence-electron chi connectivity index (χ4n) is 3.54. The third kappa shape index (κ3) is 10.5. The summed E-state index contributed by atoms with van der Waals surface area (Å²) < 4.78 is 5.34. The van der Waals surface area contributed by atoms with E-state index in [9.17, 15) is 9.59 Å². The van der Waals surface area contributed by atoms with E-state index >= 15 is 0 Å². The van der Waals surface area contributed by atoms with Gasteiger partial charge in [-0.3, -0.25) is 14.9 Å². The van der Waals surface area contributed by atoms with E-state index in [0.717, 1.165) is 30.3 Å². The van der Waals surface area contributed by atoms with Crippen LogP contribution in [-0.4, -0.2) is 39.2 Å². The zero-order valence-electron chi connectivity index (χ0n) is 18.3. The molecule has 0 saturated heterocycles. The maximum atomic E-state index is 10.7. The van der Waals surface area contributed by atoms with Crippen LogP contribution in [0.15, 0.2) is 10.7 Å². The quantitative estimate of drug-likeness (QED) is 0.527.